The molecule has 104 valence electrons. The van der Waals surface area contributed by atoms with Crippen LogP contribution in [0.2, 0.25) is 0 Å². The van der Waals surface area contributed by atoms with E-state index in [1.165, 1.54) is 0 Å². The Morgan fingerprint density at radius 2 is 2.11 bits per heavy atom. The SMILES string of the molecule is CCC(C)(CO)CNC(C)c1cc2ccccc2o1. The van der Waals surface area contributed by atoms with E-state index in [1.54, 1.807) is 0 Å². The highest BCUT2D eigenvalue weighted by atomic mass is 16.3. The van der Waals surface area contributed by atoms with Crippen LogP contribution in [0.3, 0.4) is 0 Å². The van der Waals surface area contributed by atoms with Crippen molar-refractivity contribution >= 4 is 11.0 Å². The zero-order valence-corrected chi connectivity index (χ0v) is 11.9. The molecule has 0 aliphatic carbocycles. The Bertz CT molecular complexity index is 495. The molecule has 0 aliphatic heterocycles. The molecule has 2 rings (SSSR count). The predicted molar refractivity (Wildman–Crippen MR) is 78.1 cm³/mol. The first-order chi connectivity index (χ1) is 9.08. The molecule has 3 nitrogen and oxygen atoms in total. The van der Waals surface area contributed by atoms with Gasteiger partial charge in [0.25, 0.3) is 0 Å². The van der Waals surface area contributed by atoms with Crippen LogP contribution in [0.15, 0.2) is 34.7 Å². The minimum absolute atomic E-state index is 0.0692. The third-order valence-corrected chi connectivity index (χ3v) is 3.94. The maximum Gasteiger partial charge on any atom is 0.134 e. The molecule has 2 aromatic rings. The molecule has 19 heavy (non-hydrogen) atoms. The molecule has 2 unspecified atom stereocenters. The minimum atomic E-state index is -0.0692. The summed E-state index contributed by atoms with van der Waals surface area (Å²) in [6, 6.07) is 10.3. The lowest BCUT2D eigenvalue weighted by molar-refractivity contribution is 0.131. The van der Waals surface area contributed by atoms with Crippen LogP contribution >= 0.6 is 0 Å². The van der Waals surface area contributed by atoms with Crippen molar-refractivity contribution in [3.05, 3.63) is 36.1 Å². The van der Waals surface area contributed by atoms with E-state index in [1.807, 2.05) is 18.2 Å². The zero-order valence-electron chi connectivity index (χ0n) is 11.9. The van der Waals surface area contributed by atoms with Crippen LogP contribution in [0.5, 0.6) is 0 Å². The van der Waals surface area contributed by atoms with Gasteiger partial charge in [0.15, 0.2) is 0 Å². The summed E-state index contributed by atoms with van der Waals surface area (Å²) in [5.74, 6) is 0.942. The van der Waals surface area contributed by atoms with E-state index in [4.69, 9.17) is 4.42 Å². The van der Waals surface area contributed by atoms with Crippen LogP contribution in [0.25, 0.3) is 11.0 Å². The quantitative estimate of drug-likeness (QED) is 0.836. The second-order valence-electron chi connectivity index (χ2n) is 5.61. The number of benzene rings is 1. The maximum atomic E-state index is 9.42. The fourth-order valence-electron chi connectivity index (χ4n) is 2.01. The molecule has 0 fully saturated rings. The van der Waals surface area contributed by atoms with Gasteiger partial charge in [-0.05, 0) is 25.5 Å². The van der Waals surface area contributed by atoms with Gasteiger partial charge in [0.1, 0.15) is 11.3 Å². The molecule has 0 amide bonds. The predicted octanol–water partition coefficient (Wildman–Crippen LogP) is 3.49. The van der Waals surface area contributed by atoms with Crippen LogP contribution in [0.4, 0.5) is 0 Å². The van der Waals surface area contributed by atoms with Gasteiger partial charge >= 0.3 is 0 Å². The van der Waals surface area contributed by atoms with Crippen molar-refractivity contribution in [2.45, 2.75) is 33.2 Å². The van der Waals surface area contributed by atoms with Gasteiger partial charge in [-0.15, -0.1) is 0 Å². The van der Waals surface area contributed by atoms with Gasteiger partial charge in [0.05, 0.1) is 6.04 Å². The van der Waals surface area contributed by atoms with Gasteiger partial charge in [-0.3, -0.25) is 0 Å². The van der Waals surface area contributed by atoms with E-state index < -0.39 is 0 Å². The van der Waals surface area contributed by atoms with Crippen molar-refractivity contribution in [2.24, 2.45) is 5.41 Å². The molecule has 0 radical (unpaired) electrons. The van der Waals surface area contributed by atoms with Crippen molar-refractivity contribution in [3.63, 3.8) is 0 Å². The number of nitrogens with one attached hydrogen (secondary N) is 1. The summed E-state index contributed by atoms with van der Waals surface area (Å²) in [5.41, 5.74) is 0.854. The molecule has 2 atom stereocenters. The molecular weight excluding hydrogens is 238 g/mol. The molecular formula is C16H23NO2. The Labute approximate surface area is 114 Å². The Morgan fingerprint density at radius 1 is 1.37 bits per heavy atom. The second kappa shape index (κ2) is 5.76. The zero-order chi connectivity index (χ0) is 13.9. The molecule has 0 saturated heterocycles. The number of aliphatic hydroxyl groups excluding tert-OH is 1. The average molecular weight is 261 g/mol. The Morgan fingerprint density at radius 3 is 2.74 bits per heavy atom. The summed E-state index contributed by atoms with van der Waals surface area (Å²) >= 11 is 0. The number of furan rings is 1. The summed E-state index contributed by atoms with van der Waals surface area (Å²) in [5, 5.41) is 14.0. The lowest BCUT2D eigenvalue weighted by Crippen LogP contribution is -2.35. The number of aliphatic hydroxyl groups is 1. The Kier molecular flexibility index (Phi) is 4.27. The number of hydrogen-bond donors (Lipinski definition) is 2. The number of rotatable bonds is 6. The lowest BCUT2D eigenvalue weighted by Gasteiger charge is -2.27. The fourth-order valence-corrected chi connectivity index (χ4v) is 2.01. The van der Waals surface area contributed by atoms with Crippen molar-refractivity contribution < 1.29 is 9.52 Å². The van der Waals surface area contributed by atoms with E-state index in [-0.39, 0.29) is 18.1 Å². The molecule has 1 heterocycles. The van der Waals surface area contributed by atoms with E-state index in [2.05, 4.69) is 38.2 Å². The highest BCUT2D eigenvalue weighted by Crippen LogP contribution is 2.25. The van der Waals surface area contributed by atoms with Gasteiger partial charge in [-0.1, -0.05) is 32.0 Å². The van der Waals surface area contributed by atoms with Gasteiger partial charge in [0, 0.05) is 24.0 Å². The van der Waals surface area contributed by atoms with Crippen LogP contribution in [0.1, 0.15) is 39.0 Å². The third-order valence-electron chi connectivity index (χ3n) is 3.94. The summed E-state index contributed by atoms with van der Waals surface area (Å²) in [6.07, 6.45) is 0.948. The average Bonchev–Trinajstić information content (AvgIpc) is 2.88. The van der Waals surface area contributed by atoms with Gasteiger partial charge in [-0.25, -0.2) is 0 Å². The monoisotopic (exact) mass is 261 g/mol. The molecule has 2 N–H and O–H groups in total. The maximum absolute atomic E-state index is 9.42. The largest absolute Gasteiger partial charge is 0.459 e. The Hall–Kier alpha value is -1.32. The smallest absolute Gasteiger partial charge is 0.134 e. The van der Waals surface area contributed by atoms with Gasteiger partial charge in [0.2, 0.25) is 0 Å². The van der Waals surface area contributed by atoms with Crippen LogP contribution in [0, 0.1) is 5.41 Å². The number of hydrogen-bond acceptors (Lipinski definition) is 3. The first-order valence-corrected chi connectivity index (χ1v) is 6.91. The number of para-hydroxylation sites is 1. The molecule has 0 aliphatic rings. The van der Waals surface area contributed by atoms with Gasteiger partial charge in [-0.2, -0.15) is 0 Å². The minimum Gasteiger partial charge on any atom is -0.459 e. The summed E-state index contributed by atoms with van der Waals surface area (Å²) in [7, 11) is 0. The molecule has 1 aromatic heterocycles. The second-order valence-corrected chi connectivity index (χ2v) is 5.61. The van der Waals surface area contributed by atoms with Crippen molar-refractivity contribution in [3.8, 4) is 0 Å². The molecule has 0 saturated carbocycles. The fraction of sp³-hybridized carbons (Fsp3) is 0.500. The molecule has 0 spiro atoms. The van der Waals surface area contributed by atoms with Crippen LogP contribution in [-0.2, 0) is 0 Å². The van der Waals surface area contributed by atoms with E-state index in [0.29, 0.717) is 0 Å². The van der Waals surface area contributed by atoms with Crippen molar-refractivity contribution in [1.29, 1.82) is 0 Å². The summed E-state index contributed by atoms with van der Waals surface area (Å²) < 4.78 is 5.84. The topological polar surface area (TPSA) is 45.4 Å². The van der Waals surface area contributed by atoms with Crippen LogP contribution in [-0.4, -0.2) is 18.3 Å². The normalized spacial score (nSPS) is 16.4. The number of fused-ring (bicyclic) bond motifs is 1. The van der Waals surface area contributed by atoms with E-state index >= 15 is 0 Å². The van der Waals surface area contributed by atoms with Gasteiger partial charge < -0.3 is 14.8 Å². The third kappa shape index (κ3) is 3.17. The van der Waals surface area contributed by atoms with Crippen LogP contribution < -0.4 is 5.32 Å². The molecule has 3 heteroatoms. The lowest BCUT2D eigenvalue weighted by atomic mass is 9.88. The standard InChI is InChI=1S/C16H23NO2/c1-4-16(3,11-18)10-17-12(2)15-9-13-7-5-6-8-14(13)19-15/h5-9,12,17-18H,4,10-11H2,1-3H3. The van der Waals surface area contributed by atoms with Crippen molar-refractivity contribution in [1.82, 2.24) is 5.32 Å². The Balaban J connectivity index is 2.05. The van der Waals surface area contributed by atoms with Crippen molar-refractivity contribution in [2.75, 3.05) is 13.2 Å². The summed E-state index contributed by atoms with van der Waals surface area (Å²) in [6.45, 7) is 7.25. The molecule has 1 aromatic carbocycles. The first-order valence-electron chi connectivity index (χ1n) is 6.91. The van der Waals surface area contributed by atoms with E-state index in [9.17, 15) is 5.11 Å². The highest BCUT2D eigenvalue weighted by molar-refractivity contribution is 5.77. The highest BCUT2D eigenvalue weighted by Gasteiger charge is 2.22. The summed E-state index contributed by atoms with van der Waals surface area (Å²) in [4.78, 5) is 0. The first kappa shape index (κ1) is 14.1. The van der Waals surface area contributed by atoms with E-state index in [0.717, 1.165) is 29.7 Å². The molecule has 0 bridgehead atoms.